The molecule has 0 spiro atoms. The van der Waals surface area contributed by atoms with Gasteiger partial charge in [0.25, 0.3) is 0 Å². The first-order valence-electron chi connectivity index (χ1n) is 9.84. The number of benzene rings is 1. The fourth-order valence-corrected chi connectivity index (χ4v) is 3.30. The third kappa shape index (κ3) is 5.31. The molecular weight excluding hydrogens is 324 g/mol. The highest BCUT2D eigenvalue weighted by atomic mass is 15.3. The van der Waals surface area contributed by atoms with Crippen molar-refractivity contribution in [1.82, 2.24) is 25.4 Å². The monoisotopic (exact) mass is 354 g/mol. The summed E-state index contributed by atoms with van der Waals surface area (Å²) in [5.74, 6) is 2.95. The van der Waals surface area contributed by atoms with Gasteiger partial charge >= 0.3 is 0 Å². The summed E-state index contributed by atoms with van der Waals surface area (Å²) < 4.78 is 2.26. The van der Waals surface area contributed by atoms with Gasteiger partial charge in [0, 0.05) is 26.1 Å². The Morgan fingerprint density at radius 2 is 2.00 bits per heavy atom. The molecule has 0 bridgehead atoms. The highest BCUT2D eigenvalue weighted by Gasteiger charge is 2.14. The maximum Gasteiger partial charge on any atom is 0.191 e. The van der Waals surface area contributed by atoms with Crippen molar-refractivity contribution >= 4 is 5.96 Å². The average molecular weight is 355 g/mol. The van der Waals surface area contributed by atoms with Gasteiger partial charge in [-0.2, -0.15) is 0 Å². The maximum atomic E-state index is 4.71. The lowest BCUT2D eigenvalue weighted by molar-refractivity contribution is 0.605. The first kappa shape index (κ1) is 18.4. The van der Waals surface area contributed by atoms with Crippen molar-refractivity contribution in [2.24, 2.45) is 4.99 Å². The van der Waals surface area contributed by atoms with Crippen LogP contribution in [0.5, 0.6) is 0 Å². The van der Waals surface area contributed by atoms with Gasteiger partial charge in [0.15, 0.2) is 11.8 Å². The smallest absolute Gasteiger partial charge is 0.191 e. The molecule has 0 saturated carbocycles. The lowest BCUT2D eigenvalue weighted by atomic mass is 10.1. The summed E-state index contributed by atoms with van der Waals surface area (Å²) in [7, 11) is 0. The van der Waals surface area contributed by atoms with Crippen LogP contribution in [0.2, 0.25) is 0 Å². The van der Waals surface area contributed by atoms with Crippen molar-refractivity contribution in [2.45, 2.75) is 58.5 Å². The van der Waals surface area contributed by atoms with Gasteiger partial charge in [-0.05, 0) is 38.2 Å². The number of rotatable bonds is 7. The van der Waals surface area contributed by atoms with Crippen LogP contribution in [0.1, 0.15) is 49.8 Å². The van der Waals surface area contributed by atoms with Gasteiger partial charge in [-0.25, -0.2) is 4.99 Å². The number of hydrogen-bond acceptors (Lipinski definition) is 3. The van der Waals surface area contributed by atoms with Crippen LogP contribution in [-0.2, 0) is 25.9 Å². The molecule has 6 nitrogen and oxygen atoms in total. The standard InChI is InChI=1S/C20H30N6/c1-2-21-20(22-14-9-12-17-10-5-3-6-11-17)23-16-19-25-24-18-13-7-4-8-15-26(18)19/h3,5-6,10-11H,2,4,7-9,12-16H2,1H3,(H2,21,22,23). The van der Waals surface area contributed by atoms with E-state index in [2.05, 4.69) is 62.7 Å². The fraction of sp³-hybridized carbons (Fsp3) is 0.550. The predicted octanol–water partition coefficient (Wildman–Crippen LogP) is 2.69. The number of hydrogen-bond donors (Lipinski definition) is 2. The SMILES string of the molecule is CCNC(=NCc1nnc2n1CCCCC2)NCCCc1ccccc1. The minimum atomic E-state index is 0.570. The molecule has 1 aromatic carbocycles. The molecule has 140 valence electrons. The Bertz CT molecular complexity index is 692. The zero-order valence-electron chi connectivity index (χ0n) is 15.7. The van der Waals surface area contributed by atoms with Gasteiger partial charge in [0.2, 0.25) is 0 Å². The Labute approximate surface area is 156 Å². The van der Waals surface area contributed by atoms with Crippen LogP contribution >= 0.6 is 0 Å². The van der Waals surface area contributed by atoms with Crippen LogP contribution in [0.25, 0.3) is 0 Å². The third-order valence-electron chi connectivity index (χ3n) is 4.69. The molecule has 0 radical (unpaired) electrons. The number of guanidine groups is 1. The average Bonchev–Trinajstić information content (AvgIpc) is 2.90. The number of fused-ring (bicyclic) bond motifs is 1. The molecule has 1 aromatic heterocycles. The van der Waals surface area contributed by atoms with E-state index >= 15 is 0 Å². The van der Waals surface area contributed by atoms with Crippen LogP contribution in [0.15, 0.2) is 35.3 Å². The largest absolute Gasteiger partial charge is 0.357 e. The summed E-state index contributed by atoms with van der Waals surface area (Å²) in [6.45, 7) is 5.43. The molecule has 6 heteroatoms. The second kappa shape index (κ2) is 9.94. The molecule has 0 fully saturated rings. The first-order chi connectivity index (χ1) is 12.9. The van der Waals surface area contributed by atoms with Gasteiger partial charge in [-0.3, -0.25) is 0 Å². The van der Waals surface area contributed by atoms with Gasteiger partial charge < -0.3 is 15.2 Å². The predicted molar refractivity (Wildman–Crippen MR) is 105 cm³/mol. The number of aryl methyl sites for hydroxylation is 2. The molecule has 0 aliphatic carbocycles. The lowest BCUT2D eigenvalue weighted by Gasteiger charge is -2.11. The van der Waals surface area contributed by atoms with Crippen LogP contribution in [0, 0.1) is 0 Å². The topological polar surface area (TPSA) is 67.1 Å². The van der Waals surface area contributed by atoms with Crippen LogP contribution < -0.4 is 10.6 Å². The molecule has 2 N–H and O–H groups in total. The van der Waals surface area contributed by atoms with E-state index in [1.54, 1.807) is 0 Å². The van der Waals surface area contributed by atoms with Crippen molar-refractivity contribution in [1.29, 1.82) is 0 Å². The van der Waals surface area contributed by atoms with Crippen molar-refractivity contribution in [3.8, 4) is 0 Å². The molecule has 0 unspecified atom stereocenters. The number of aromatic nitrogens is 3. The van der Waals surface area contributed by atoms with E-state index in [1.165, 1.54) is 24.8 Å². The van der Waals surface area contributed by atoms with Crippen molar-refractivity contribution in [3.63, 3.8) is 0 Å². The number of nitrogens with one attached hydrogen (secondary N) is 2. The molecule has 2 heterocycles. The van der Waals surface area contributed by atoms with Gasteiger partial charge in [-0.15, -0.1) is 10.2 Å². The first-order valence-corrected chi connectivity index (χ1v) is 9.84. The summed E-state index contributed by atoms with van der Waals surface area (Å²) in [5.41, 5.74) is 1.38. The Hall–Kier alpha value is -2.37. The third-order valence-corrected chi connectivity index (χ3v) is 4.69. The lowest BCUT2D eigenvalue weighted by Crippen LogP contribution is -2.38. The zero-order valence-corrected chi connectivity index (χ0v) is 15.7. The number of nitrogens with zero attached hydrogens (tertiary/aromatic N) is 4. The van der Waals surface area contributed by atoms with Gasteiger partial charge in [-0.1, -0.05) is 36.8 Å². The highest BCUT2D eigenvalue weighted by Crippen LogP contribution is 2.14. The van der Waals surface area contributed by atoms with E-state index < -0.39 is 0 Å². The Kier molecular flexibility index (Phi) is 7.05. The molecule has 1 aliphatic heterocycles. The Balaban J connectivity index is 1.51. The van der Waals surface area contributed by atoms with Crippen molar-refractivity contribution in [2.75, 3.05) is 13.1 Å². The molecule has 2 aromatic rings. The molecule has 3 rings (SSSR count). The summed E-state index contributed by atoms with van der Waals surface area (Å²) in [6.07, 6.45) is 6.89. The van der Waals surface area contributed by atoms with Crippen LogP contribution in [-0.4, -0.2) is 33.8 Å². The van der Waals surface area contributed by atoms with Crippen LogP contribution in [0.4, 0.5) is 0 Å². The molecule has 0 amide bonds. The summed E-state index contributed by atoms with van der Waals surface area (Å²) in [5, 5.41) is 15.5. The molecule has 0 atom stereocenters. The van der Waals surface area contributed by atoms with Gasteiger partial charge in [0.1, 0.15) is 12.4 Å². The number of aliphatic imine (C=N–C) groups is 1. The Morgan fingerprint density at radius 1 is 1.12 bits per heavy atom. The normalized spacial score (nSPS) is 14.6. The second-order valence-electron chi connectivity index (χ2n) is 6.71. The van der Waals surface area contributed by atoms with Crippen LogP contribution in [0.3, 0.4) is 0 Å². The zero-order chi connectivity index (χ0) is 18.0. The maximum absolute atomic E-state index is 4.71. The molecule has 26 heavy (non-hydrogen) atoms. The van der Waals surface area contributed by atoms with Gasteiger partial charge in [0.05, 0.1) is 0 Å². The van der Waals surface area contributed by atoms with E-state index in [9.17, 15) is 0 Å². The second-order valence-corrected chi connectivity index (χ2v) is 6.71. The summed E-state index contributed by atoms with van der Waals surface area (Å²) >= 11 is 0. The van der Waals surface area contributed by atoms with E-state index in [0.29, 0.717) is 6.54 Å². The fourth-order valence-electron chi connectivity index (χ4n) is 3.30. The highest BCUT2D eigenvalue weighted by molar-refractivity contribution is 5.79. The minimum Gasteiger partial charge on any atom is -0.357 e. The van der Waals surface area contributed by atoms with E-state index in [0.717, 1.165) is 56.5 Å². The molecule has 1 aliphatic rings. The quantitative estimate of drug-likeness (QED) is 0.456. The summed E-state index contributed by atoms with van der Waals surface area (Å²) in [4.78, 5) is 4.71. The molecular formula is C20H30N6. The van der Waals surface area contributed by atoms with Crippen molar-refractivity contribution < 1.29 is 0 Å². The van der Waals surface area contributed by atoms with E-state index in [1.807, 2.05) is 0 Å². The van der Waals surface area contributed by atoms with E-state index in [4.69, 9.17) is 4.99 Å². The Morgan fingerprint density at radius 3 is 2.85 bits per heavy atom. The van der Waals surface area contributed by atoms with Crippen molar-refractivity contribution in [3.05, 3.63) is 47.5 Å². The molecule has 0 saturated heterocycles. The minimum absolute atomic E-state index is 0.570. The summed E-state index contributed by atoms with van der Waals surface area (Å²) in [6, 6.07) is 10.6. The van der Waals surface area contributed by atoms with E-state index in [-0.39, 0.29) is 0 Å².